The Bertz CT molecular complexity index is 730. The first-order valence-corrected chi connectivity index (χ1v) is 8.96. The molecule has 0 aliphatic carbocycles. The lowest BCUT2D eigenvalue weighted by Gasteiger charge is -2.19. The molecule has 0 bridgehead atoms. The molecule has 2 rings (SSSR count). The van der Waals surface area contributed by atoms with Gasteiger partial charge in [-0.25, -0.2) is 0 Å². The summed E-state index contributed by atoms with van der Waals surface area (Å²) in [5, 5.41) is 2.80. The molecular formula is C22H29NO3. The van der Waals surface area contributed by atoms with E-state index >= 15 is 0 Å². The minimum atomic E-state index is -0.156. The van der Waals surface area contributed by atoms with Crippen molar-refractivity contribution in [3.05, 3.63) is 59.2 Å². The fourth-order valence-electron chi connectivity index (χ4n) is 2.57. The van der Waals surface area contributed by atoms with E-state index in [-0.39, 0.29) is 17.9 Å². The lowest BCUT2D eigenvalue weighted by atomic mass is 9.87. The van der Waals surface area contributed by atoms with Gasteiger partial charge in [-0.3, -0.25) is 4.79 Å². The Morgan fingerprint density at radius 2 is 1.69 bits per heavy atom. The Kier molecular flexibility index (Phi) is 6.67. The summed E-state index contributed by atoms with van der Waals surface area (Å²) in [7, 11) is 0. The third-order valence-corrected chi connectivity index (χ3v) is 4.10. The van der Waals surface area contributed by atoms with Crippen molar-refractivity contribution in [1.29, 1.82) is 0 Å². The van der Waals surface area contributed by atoms with Crippen LogP contribution in [0.1, 0.15) is 37.5 Å². The SMILES string of the molecule is Cc1ccc(OCC(=O)NCCOc2ccc(C(C)(C)C)cc2)c(C)c1. The second-order valence-electron chi connectivity index (χ2n) is 7.53. The smallest absolute Gasteiger partial charge is 0.258 e. The predicted octanol–water partition coefficient (Wildman–Crippen LogP) is 4.17. The molecule has 0 saturated carbocycles. The van der Waals surface area contributed by atoms with Gasteiger partial charge < -0.3 is 14.8 Å². The first-order valence-electron chi connectivity index (χ1n) is 8.96. The van der Waals surface area contributed by atoms with Gasteiger partial charge in [-0.2, -0.15) is 0 Å². The van der Waals surface area contributed by atoms with Crippen LogP contribution in [-0.4, -0.2) is 25.7 Å². The first kappa shape index (κ1) is 19.8. The van der Waals surface area contributed by atoms with E-state index in [9.17, 15) is 4.79 Å². The molecule has 4 heteroatoms. The second kappa shape index (κ2) is 8.75. The highest BCUT2D eigenvalue weighted by Gasteiger charge is 2.13. The summed E-state index contributed by atoms with van der Waals surface area (Å²) in [5.41, 5.74) is 3.59. The fourth-order valence-corrected chi connectivity index (χ4v) is 2.57. The maximum absolute atomic E-state index is 11.9. The first-order chi connectivity index (χ1) is 12.3. The molecular weight excluding hydrogens is 326 g/mol. The van der Waals surface area contributed by atoms with Gasteiger partial charge in [0.1, 0.15) is 18.1 Å². The number of carbonyl (C=O) groups is 1. The largest absolute Gasteiger partial charge is 0.492 e. The number of hydrogen-bond donors (Lipinski definition) is 1. The minimum Gasteiger partial charge on any atom is -0.492 e. The molecule has 0 aliphatic rings. The molecule has 0 fully saturated rings. The average molecular weight is 355 g/mol. The standard InChI is InChI=1S/C22H29NO3/c1-16-6-11-20(17(2)14-16)26-15-21(24)23-12-13-25-19-9-7-18(8-10-19)22(3,4)5/h6-11,14H,12-13,15H2,1-5H3,(H,23,24). The second-order valence-corrected chi connectivity index (χ2v) is 7.53. The van der Waals surface area contributed by atoms with Crippen molar-refractivity contribution in [2.75, 3.05) is 19.8 Å². The maximum Gasteiger partial charge on any atom is 0.258 e. The number of carbonyl (C=O) groups excluding carboxylic acids is 1. The molecule has 0 aromatic heterocycles. The van der Waals surface area contributed by atoms with Crippen LogP contribution in [0.3, 0.4) is 0 Å². The van der Waals surface area contributed by atoms with Crippen LogP contribution in [0.4, 0.5) is 0 Å². The third-order valence-electron chi connectivity index (χ3n) is 4.10. The van der Waals surface area contributed by atoms with E-state index in [1.165, 1.54) is 11.1 Å². The van der Waals surface area contributed by atoms with E-state index < -0.39 is 0 Å². The van der Waals surface area contributed by atoms with Crippen molar-refractivity contribution >= 4 is 5.91 Å². The number of ether oxygens (including phenoxy) is 2. The molecule has 1 amide bonds. The quantitative estimate of drug-likeness (QED) is 0.758. The Morgan fingerprint density at radius 1 is 1.00 bits per heavy atom. The van der Waals surface area contributed by atoms with Gasteiger partial charge in [0.15, 0.2) is 6.61 Å². The van der Waals surface area contributed by atoms with Crippen molar-refractivity contribution in [3.8, 4) is 11.5 Å². The molecule has 140 valence electrons. The number of nitrogens with one attached hydrogen (secondary N) is 1. The van der Waals surface area contributed by atoms with Gasteiger partial charge in [0, 0.05) is 0 Å². The summed E-state index contributed by atoms with van der Waals surface area (Å²) in [4.78, 5) is 11.9. The summed E-state index contributed by atoms with van der Waals surface area (Å²) >= 11 is 0. The van der Waals surface area contributed by atoms with Gasteiger partial charge in [0.05, 0.1) is 6.54 Å². The molecule has 0 heterocycles. The van der Waals surface area contributed by atoms with Crippen molar-refractivity contribution < 1.29 is 14.3 Å². The summed E-state index contributed by atoms with van der Waals surface area (Å²) in [6.07, 6.45) is 0. The fraction of sp³-hybridized carbons (Fsp3) is 0.409. The number of benzene rings is 2. The molecule has 0 unspecified atom stereocenters. The van der Waals surface area contributed by atoms with E-state index in [2.05, 4.69) is 38.2 Å². The number of aryl methyl sites for hydroxylation is 2. The number of rotatable bonds is 7. The van der Waals surface area contributed by atoms with Gasteiger partial charge >= 0.3 is 0 Å². The lowest BCUT2D eigenvalue weighted by Crippen LogP contribution is -2.32. The van der Waals surface area contributed by atoms with Gasteiger partial charge in [-0.05, 0) is 48.6 Å². The molecule has 4 nitrogen and oxygen atoms in total. The predicted molar refractivity (Wildman–Crippen MR) is 105 cm³/mol. The third kappa shape index (κ3) is 6.10. The summed E-state index contributed by atoms with van der Waals surface area (Å²) in [6, 6.07) is 14.0. The lowest BCUT2D eigenvalue weighted by molar-refractivity contribution is -0.123. The van der Waals surface area contributed by atoms with Crippen LogP contribution in [0.2, 0.25) is 0 Å². The van der Waals surface area contributed by atoms with Crippen molar-refractivity contribution in [1.82, 2.24) is 5.32 Å². The highest BCUT2D eigenvalue weighted by Crippen LogP contribution is 2.24. The number of hydrogen-bond acceptors (Lipinski definition) is 3. The highest BCUT2D eigenvalue weighted by atomic mass is 16.5. The molecule has 0 aliphatic heterocycles. The molecule has 0 radical (unpaired) electrons. The summed E-state index contributed by atoms with van der Waals surface area (Å²) in [6.45, 7) is 11.4. The maximum atomic E-state index is 11.9. The normalized spacial score (nSPS) is 11.1. The van der Waals surface area contributed by atoms with E-state index in [1.807, 2.05) is 44.2 Å². The Hall–Kier alpha value is -2.49. The average Bonchev–Trinajstić information content (AvgIpc) is 2.57. The van der Waals surface area contributed by atoms with E-state index in [4.69, 9.17) is 9.47 Å². The molecule has 1 N–H and O–H groups in total. The van der Waals surface area contributed by atoms with Crippen molar-refractivity contribution in [2.24, 2.45) is 0 Å². The van der Waals surface area contributed by atoms with Crippen LogP contribution in [0.25, 0.3) is 0 Å². The number of amides is 1. The molecule has 0 saturated heterocycles. The molecule has 26 heavy (non-hydrogen) atoms. The zero-order valence-corrected chi connectivity index (χ0v) is 16.4. The topological polar surface area (TPSA) is 47.6 Å². The van der Waals surface area contributed by atoms with Crippen LogP contribution < -0.4 is 14.8 Å². The van der Waals surface area contributed by atoms with E-state index in [1.54, 1.807) is 0 Å². The molecule has 2 aromatic carbocycles. The van der Waals surface area contributed by atoms with E-state index in [0.29, 0.717) is 13.2 Å². The van der Waals surface area contributed by atoms with Crippen LogP contribution >= 0.6 is 0 Å². The molecule has 2 aromatic rings. The highest BCUT2D eigenvalue weighted by molar-refractivity contribution is 5.77. The van der Waals surface area contributed by atoms with Crippen LogP contribution in [0.5, 0.6) is 11.5 Å². The van der Waals surface area contributed by atoms with Crippen LogP contribution in [-0.2, 0) is 10.2 Å². The van der Waals surface area contributed by atoms with Crippen molar-refractivity contribution in [2.45, 2.75) is 40.0 Å². The summed E-state index contributed by atoms with van der Waals surface area (Å²) < 4.78 is 11.2. The van der Waals surface area contributed by atoms with Gasteiger partial charge in [0.2, 0.25) is 0 Å². The molecule has 0 atom stereocenters. The molecule has 0 spiro atoms. The van der Waals surface area contributed by atoms with Gasteiger partial charge in [-0.1, -0.05) is 50.6 Å². The Labute approximate surface area is 156 Å². The minimum absolute atomic E-state index is 0.00415. The van der Waals surface area contributed by atoms with Crippen LogP contribution in [0, 0.1) is 13.8 Å². The summed E-state index contributed by atoms with van der Waals surface area (Å²) in [5.74, 6) is 1.39. The van der Waals surface area contributed by atoms with Gasteiger partial charge in [0.25, 0.3) is 5.91 Å². The Balaban J connectivity index is 1.68. The van der Waals surface area contributed by atoms with Crippen molar-refractivity contribution in [3.63, 3.8) is 0 Å². The zero-order valence-electron chi connectivity index (χ0n) is 16.4. The zero-order chi connectivity index (χ0) is 19.2. The van der Waals surface area contributed by atoms with Crippen LogP contribution in [0.15, 0.2) is 42.5 Å². The monoisotopic (exact) mass is 355 g/mol. The van der Waals surface area contributed by atoms with Gasteiger partial charge in [-0.15, -0.1) is 0 Å². The Morgan fingerprint density at radius 3 is 2.31 bits per heavy atom. The van der Waals surface area contributed by atoms with E-state index in [0.717, 1.165) is 17.1 Å².